The summed E-state index contributed by atoms with van der Waals surface area (Å²) in [6, 6.07) is 5.93. The summed E-state index contributed by atoms with van der Waals surface area (Å²) in [5.41, 5.74) is 1.97. The molecule has 0 bridgehead atoms. The molecule has 108 valence electrons. The molecule has 3 N–H and O–H groups in total. The summed E-state index contributed by atoms with van der Waals surface area (Å²) in [5, 5.41) is 13.5. The van der Waals surface area contributed by atoms with E-state index in [1.807, 2.05) is 38.2 Å². The van der Waals surface area contributed by atoms with Crippen LogP contribution in [0.4, 0.5) is 0 Å². The first-order valence-corrected chi connectivity index (χ1v) is 7.47. The van der Waals surface area contributed by atoms with Gasteiger partial charge in [0.2, 0.25) is 5.91 Å². The average molecular weight is 339 g/mol. The van der Waals surface area contributed by atoms with Crippen LogP contribution in [0, 0.1) is 5.92 Å². The summed E-state index contributed by atoms with van der Waals surface area (Å²) < 4.78 is 1.00. The number of H-pyrrole nitrogens is 1. The van der Waals surface area contributed by atoms with Crippen molar-refractivity contribution >= 4 is 32.7 Å². The highest BCUT2D eigenvalue weighted by molar-refractivity contribution is 9.10. The monoisotopic (exact) mass is 338 g/mol. The Balaban J connectivity index is 2.00. The van der Waals surface area contributed by atoms with Crippen LogP contribution in [0.3, 0.4) is 0 Å². The second-order valence-corrected chi connectivity index (χ2v) is 6.21. The van der Waals surface area contributed by atoms with Crippen molar-refractivity contribution in [1.82, 2.24) is 10.3 Å². The van der Waals surface area contributed by atoms with Crippen LogP contribution < -0.4 is 5.32 Å². The van der Waals surface area contributed by atoms with Crippen molar-refractivity contribution in [2.75, 3.05) is 6.54 Å². The number of carbonyl (C=O) groups is 1. The molecule has 2 aromatic rings. The molecule has 0 saturated carbocycles. The maximum Gasteiger partial charge on any atom is 0.224 e. The summed E-state index contributed by atoms with van der Waals surface area (Å²) in [4.78, 5) is 15.1. The topological polar surface area (TPSA) is 65.1 Å². The Morgan fingerprint density at radius 3 is 2.90 bits per heavy atom. The summed E-state index contributed by atoms with van der Waals surface area (Å²) in [6.07, 6.45) is 1.67. The van der Waals surface area contributed by atoms with Crippen LogP contribution in [0.5, 0.6) is 0 Å². The van der Waals surface area contributed by atoms with Crippen molar-refractivity contribution in [2.45, 2.75) is 26.4 Å². The number of aromatic nitrogens is 1. The van der Waals surface area contributed by atoms with Crippen LogP contribution >= 0.6 is 15.9 Å². The third-order valence-corrected chi connectivity index (χ3v) is 3.85. The van der Waals surface area contributed by atoms with Gasteiger partial charge in [0.15, 0.2) is 0 Å². The van der Waals surface area contributed by atoms with E-state index in [1.54, 1.807) is 0 Å². The summed E-state index contributed by atoms with van der Waals surface area (Å²) in [7, 11) is 0. The Hall–Kier alpha value is -1.33. The van der Waals surface area contributed by atoms with E-state index in [0.29, 0.717) is 13.0 Å². The molecule has 0 aliphatic carbocycles. The maximum atomic E-state index is 11.9. The number of benzene rings is 1. The first-order chi connectivity index (χ1) is 9.47. The molecule has 0 aliphatic rings. The highest BCUT2D eigenvalue weighted by Crippen LogP contribution is 2.22. The molecule has 0 saturated heterocycles. The fourth-order valence-electron chi connectivity index (χ4n) is 1.99. The van der Waals surface area contributed by atoms with Gasteiger partial charge in [-0.1, -0.05) is 35.8 Å². The highest BCUT2D eigenvalue weighted by atomic mass is 79.9. The minimum atomic E-state index is -0.502. The smallest absolute Gasteiger partial charge is 0.224 e. The molecule has 4 nitrogen and oxygen atoms in total. The first-order valence-electron chi connectivity index (χ1n) is 6.67. The lowest BCUT2D eigenvalue weighted by molar-refractivity contribution is -0.121. The van der Waals surface area contributed by atoms with Gasteiger partial charge in [-0.2, -0.15) is 0 Å². The number of aliphatic hydroxyl groups excluding tert-OH is 1. The molecule has 0 aliphatic heterocycles. The van der Waals surface area contributed by atoms with E-state index < -0.39 is 6.10 Å². The molecule has 1 heterocycles. The van der Waals surface area contributed by atoms with Gasteiger partial charge in [-0.25, -0.2) is 0 Å². The van der Waals surface area contributed by atoms with Gasteiger partial charge in [0, 0.05) is 28.1 Å². The third kappa shape index (κ3) is 3.61. The highest BCUT2D eigenvalue weighted by Gasteiger charge is 2.12. The number of rotatable bonds is 5. The van der Waals surface area contributed by atoms with Crippen LogP contribution in [0.25, 0.3) is 10.9 Å². The standard InChI is InChI=1S/C15H19BrN2O2/c1-9(2)14(19)8-18-15(20)5-10-7-17-13-6-11(16)3-4-12(10)13/h3-4,6-7,9,14,17,19H,5,8H2,1-2H3,(H,18,20). The lowest BCUT2D eigenvalue weighted by atomic mass is 10.1. The number of aromatic amines is 1. The molecule has 0 fully saturated rings. The van der Waals surface area contributed by atoms with Crippen LogP contribution in [-0.2, 0) is 11.2 Å². The average Bonchev–Trinajstić information content (AvgIpc) is 2.78. The zero-order valence-corrected chi connectivity index (χ0v) is 13.2. The Kier molecular flexibility index (Phi) is 4.83. The SMILES string of the molecule is CC(C)C(O)CNC(=O)Cc1c[nH]c2cc(Br)ccc12. The molecule has 1 aromatic heterocycles. The quantitative estimate of drug-likeness (QED) is 0.784. The van der Waals surface area contributed by atoms with E-state index in [0.717, 1.165) is 20.9 Å². The van der Waals surface area contributed by atoms with Crippen molar-refractivity contribution in [1.29, 1.82) is 0 Å². The lowest BCUT2D eigenvalue weighted by Crippen LogP contribution is -2.35. The van der Waals surface area contributed by atoms with E-state index in [1.165, 1.54) is 0 Å². The molecule has 0 radical (unpaired) electrons. The number of nitrogens with one attached hydrogen (secondary N) is 2. The number of amides is 1. The first kappa shape index (κ1) is 15.1. The molecule has 5 heteroatoms. The fraction of sp³-hybridized carbons (Fsp3) is 0.400. The van der Waals surface area contributed by atoms with Crippen LogP contribution in [0.15, 0.2) is 28.9 Å². The van der Waals surface area contributed by atoms with E-state index in [4.69, 9.17) is 0 Å². The molecule has 1 atom stereocenters. The Morgan fingerprint density at radius 2 is 2.20 bits per heavy atom. The van der Waals surface area contributed by atoms with Crippen molar-refractivity contribution in [3.63, 3.8) is 0 Å². The molecule has 1 amide bonds. The number of hydrogen-bond donors (Lipinski definition) is 3. The van der Waals surface area contributed by atoms with Crippen LogP contribution in [-0.4, -0.2) is 28.6 Å². The zero-order valence-electron chi connectivity index (χ0n) is 11.6. The Bertz CT molecular complexity index is 607. The van der Waals surface area contributed by atoms with E-state index >= 15 is 0 Å². The molecular formula is C15H19BrN2O2. The normalized spacial score (nSPS) is 12.8. The van der Waals surface area contributed by atoms with Crippen molar-refractivity contribution in [3.05, 3.63) is 34.4 Å². The molecule has 1 unspecified atom stereocenters. The van der Waals surface area contributed by atoms with Gasteiger partial charge in [0.1, 0.15) is 0 Å². The van der Waals surface area contributed by atoms with Gasteiger partial charge in [-0.05, 0) is 23.6 Å². The maximum absolute atomic E-state index is 11.9. The predicted molar refractivity (Wildman–Crippen MR) is 83.6 cm³/mol. The van der Waals surface area contributed by atoms with Gasteiger partial charge in [-0.3, -0.25) is 4.79 Å². The largest absolute Gasteiger partial charge is 0.391 e. The van der Waals surface area contributed by atoms with Gasteiger partial charge in [0.05, 0.1) is 12.5 Å². The number of carbonyl (C=O) groups excluding carboxylic acids is 1. The number of hydrogen-bond acceptors (Lipinski definition) is 2. The molecule has 1 aromatic carbocycles. The van der Waals surface area contributed by atoms with E-state index in [2.05, 4.69) is 26.2 Å². The summed E-state index contributed by atoms with van der Waals surface area (Å²) in [5.74, 6) is 0.0641. The molecule has 0 spiro atoms. The van der Waals surface area contributed by atoms with E-state index in [9.17, 15) is 9.90 Å². The molecular weight excluding hydrogens is 320 g/mol. The fourth-order valence-corrected chi connectivity index (χ4v) is 2.36. The molecule has 2 rings (SSSR count). The summed E-state index contributed by atoms with van der Waals surface area (Å²) >= 11 is 3.42. The Labute approximate surface area is 126 Å². The van der Waals surface area contributed by atoms with Crippen molar-refractivity contribution in [2.24, 2.45) is 5.92 Å². The van der Waals surface area contributed by atoms with Gasteiger partial charge in [-0.15, -0.1) is 0 Å². The Morgan fingerprint density at radius 1 is 1.45 bits per heavy atom. The zero-order chi connectivity index (χ0) is 14.7. The second kappa shape index (κ2) is 6.41. The van der Waals surface area contributed by atoms with E-state index in [-0.39, 0.29) is 11.8 Å². The third-order valence-electron chi connectivity index (χ3n) is 3.36. The van der Waals surface area contributed by atoms with Crippen molar-refractivity contribution < 1.29 is 9.90 Å². The number of fused-ring (bicyclic) bond motifs is 1. The van der Waals surface area contributed by atoms with Crippen LogP contribution in [0.2, 0.25) is 0 Å². The second-order valence-electron chi connectivity index (χ2n) is 5.30. The van der Waals surface area contributed by atoms with Gasteiger partial charge >= 0.3 is 0 Å². The van der Waals surface area contributed by atoms with Gasteiger partial charge < -0.3 is 15.4 Å². The van der Waals surface area contributed by atoms with Gasteiger partial charge in [0.25, 0.3) is 0 Å². The summed E-state index contributed by atoms with van der Waals surface area (Å²) in [6.45, 7) is 4.15. The molecule has 20 heavy (non-hydrogen) atoms. The minimum Gasteiger partial charge on any atom is -0.391 e. The van der Waals surface area contributed by atoms with Crippen LogP contribution in [0.1, 0.15) is 19.4 Å². The van der Waals surface area contributed by atoms with Crippen molar-refractivity contribution in [3.8, 4) is 0 Å². The lowest BCUT2D eigenvalue weighted by Gasteiger charge is -2.14. The number of aliphatic hydroxyl groups is 1. The minimum absolute atomic E-state index is 0.0754. The number of halogens is 1. The predicted octanol–water partition coefficient (Wildman–Crippen LogP) is 2.61.